The van der Waals surface area contributed by atoms with Gasteiger partial charge in [0.05, 0.1) is 26.5 Å². The van der Waals surface area contributed by atoms with Gasteiger partial charge in [-0.2, -0.15) is 0 Å². The zero-order valence-electron chi connectivity index (χ0n) is 15.5. The van der Waals surface area contributed by atoms with Crippen LogP contribution in [0.25, 0.3) is 0 Å². The van der Waals surface area contributed by atoms with Gasteiger partial charge in [0.2, 0.25) is 0 Å². The maximum absolute atomic E-state index is 12.6. The number of Topliss-reactive ketones (excluding diaryl/α,β-unsaturated/α-hetero) is 1. The smallest absolute Gasteiger partial charge is 0.191 e. The maximum atomic E-state index is 12.6. The van der Waals surface area contributed by atoms with Crippen LogP contribution in [0.3, 0.4) is 0 Å². The average molecular weight is 383 g/mol. The molecular weight excluding hydrogens is 362 g/mol. The quantitative estimate of drug-likeness (QED) is 0.437. The Balaban J connectivity index is 1.71. The van der Waals surface area contributed by atoms with Gasteiger partial charge in [-0.3, -0.25) is 4.79 Å². The fourth-order valence-electron chi connectivity index (χ4n) is 2.64. The molecule has 2 aromatic carbocycles. The Labute approximate surface area is 162 Å². The minimum absolute atomic E-state index is 0.00660. The van der Waals surface area contributed by atoms with Crippen LogP contribution < -0.4 is 9.47 Å². The molecule has 0 atom stereocenters. The van der Waals surface area contributed by atoms with Crippen molar-refractivity contribution in [3.63, 3.8) is 0 Å². The Morgan fingerprint density at radius 3 is 2.48 bits per heavy atom. The molecule has 0 N–H and O–H groups in total. The summed E-state index contributed by atoms with van der Waals surface area (Å²) in [5.74, 6) is 2.21. The van der Waals surface area contributed by atoms with Crippen molar-refractivity contribution in [3.8, 4) is 11.5 Å². The summed E-state index contributed by atoms with van der Waals surface area (Å²) in [6.45, 7) is 2.59. The second-order valence-corrected chi connectivity index (χ2v) is 6.83. The van der Waals surface area contributed by atoms with E-state index < -0.39 is 0 Å². The molecule has 0 amide bonds. The first-order valence-corrected chi connectivity index (χ1v) is 9.42. The predicted molar refractivity (Wildman–Crippen MR) is 105 cm³/mol. The summed E-state index contributed by atoms with van der Waals surface area (Å²) in [5.41, 5.74) is 1.74. The Morgan fingerprint density at radius 2 is 1.78 bits per heavy atom. The van der Waals surface area contributed by atoms with Gasteiger partial charge in [0, 0.05) is 5.56 Å². The van der Waals surface area contributed by atoms with E-state index in [2.05, 4.69) is 22.3 Å². The lowest BCUT2D eigenvalue weighted by Crippen LogP contribution is -2.07. The molecular formula is C20H21N3O3S. The number of nitrogens with zero attached hydrogens (tertiary/aromatic N) is 3. The van der Waals surface area contributed by atoms with Crippen molar-refractivity contribution in [2.45, 2.75) is 18.6 Å². The molecule has 140 valence electrons. The number of ketones is 1. The molecule has 0 bridgehead atoms. The largest absolute Gasteiger partial charge is 0.493 e. The van der Waals surface area contributed by atoms with Crippen molar-refractivity contribution in [2.24, 2.45) is 0 Å². The zero-order chi connectivity index (χ0) is 19.2. The molecule has 6 nitrogen and oxygen atoms in total. The number of ether oxygens (including phenoxy) is 2. The first kappa shape index (κ1) is 19.0. The zero-order valence-corrected chi connectivity index (χ0v) is 16.3. The van der Waals surface area contributed by atoms with Crippen LogP contribution in [0.4, 0.5) is 0 Å². The van der Waals surface area contributed by atoms with Gasteiger partial charge in [-0.05, 0) is 30.7 Å². The third-order valence-electron chi connectivity index (χ3n) is 4.12. The van der Waals surface area contributed by atoms with E-state index in [-0.39, 0.29) is 11.5 Å². The number of aryl methyl sites for hydroxylation is 1. The highest BCUT2D eigenvalue weighted by Crippen LogP contribution is 2.28. The lowest BCUT2D eigenvalue weighted by Gasteiger charge is -2.10. The van der Waals surface area contributed by atoms with E-state index in [0.717, 1.165) is 16.5 Å². The molecule has 1 aromatic heterocycles. The van der Waals surface area contributed by atoms with Crippen molar-refractivity contribution in [1.29, 1.82) is 0 Å². The number of carbonyl (C=O) groups excluding carboxylic acids is 1. The van der Waals surface area contributed by atoms with Crippen LogP contribution in [0, 0.1) is 6.92 Å². The van der Waals surface area contributed by atoms with Crippen molar-refractivity contribution in [3.05, 3.63) is 65.5 Å². The highest BCUT2D eigenvalue weighted by molar-refractivity contribution is 7.99. The van der Waals surface area contributed by atoms with E-state index in [0.29, 0.717) is 23.6 Å². The molecule has 7 heteroatoms. The van der Waals surface area contributed by atoms with Crippen molar-refractivity contribution in [2.75, 3.05) is 20.0 Å². The average Bonchev–Trinajstić information content (AvgIpc) is 3.05. The summed E-state index contributed by atoms with van der Waals surface area (Å²) in [7, 11) is 3.12. The maximum Gasteiger partial charge on any atom is 0.191 e. The molecule has 0 aliphatic carbocycles. The van der Waals surface area contributed by atoms with Gasteiger partial charge in [0.1, 0.15) is 5.82 Å². The molecule has 3 rings (SSSR count). The lowest BCUT2D eigenvalue weighted by atomic mass is 10.1. The van der Waals surface area contributed by atoms with E-state index in [9.17, 15) is 4.79 Å². The van der Waals surface area contributed by atoms with Crippen LogP contribution in [0.2, 0.25) is 0 Å². The summed E-state index contributed by atoms with van der Waals surface area (Å²) in [4.78, 5) is 12.6. The molecule has 1 heterocycles. The molecule has 0 spiro atoms. The topological polar surface area (TPSA) is 66.2 Å². The van der Waals surface area contributed by atoms with Gasteiger partial charge >= 0.3 is 0 Å². The van der Waals surface area contributed by atoms with E-state index in [1.54, 1.807) is 32.4 Å². The highest BCUT2D eigenvalue weighted by Gasteiger charge is 2.15. The molecule has 0 saturated carbocycles. The van der Waals surface area contributed by atoms with E-state index >= 15 is 0 Å². The van der Waals surface area contributed by atoms with Gasteiger partial charge in [0.25, 0.3) is 0 Å². The first-order chi connectivity index (χ1) is 13.1. The van der Waals surface area contributed by atoms with Gasteiger partial charge in [-0.25, -0.2) is 0 Å². The third kappa shape index (κ3) is 4.49. The normalized spacial score (nSPS) is 10.6. The minimum Gasteiger partial charge on any atom is -0.493 e. The van der Waals surface area contributed by atoms with Crippen molar-refractivity contribution in [1.82, 2.24) is 14.8 Å². The number of hydrogen-bond donors (Lipinski definition) is 0. The monoisotopic (exact) mass is 383 g/mol. The minimum atomic E-state index is -0.00660. The number of hydrogen-bond acceptors (Lipinski definition) is 6. The standard InChI is InChI=1S/C20H21N3O3S/c1-14-21-22-20(23(14)12-15-7-5-4-6-8-15)27-13-17(24)16-9-10-18(25-2)19(11-16)26-3/h4-11H,12-13H2,1-3H3. The van der Waals surface area contributed by atoms with Crippen LogP contribution in [-0.2, 0) is 6.54 Å². The molecule has 27 heavy (non-hydrogen) atoms. The molecule has 3 aromatic rings. The number of thioether (sulfide) groups is 1. The molecule has 0 aliphatic rings. The summed E-state index contributed by atoms with van der Waals surface area (Å²) in [5, 5.41) is 9.10. The van der Waals surface area contributed by atoms with Gasteiger partial charge in [0.15, 0.2) is 22.4 Å². The number of carbonyl (C=O) groups is 1. The Hall–Kier alpha value is -2.80. The number of rotatable bonds is 8. The summed E-state index contributed by atoms with van der Waals surface area (Å²) in [6, 6.07) is 15.3. The molecule has 0 aliphatic heterocycles. The Kier molecular flexibility index (Phi) is 6.13. The number of methoxy groups -OCH3 is 2. The molecule has 0 saturated heterocycles. The van der Waals surface area contributed by atoms with E-state index in [4.69, 9.17) is 9.47 Å². The Morgan fingerprint density at radius 1 is 1.04 bits per heavy atom. The van der Waals surface area contributed by atoms with Crippen LogP contribution in [0.5, 0.6) is 11.5 Å². The van der Waals surface area contributed by atoms with E-state index in [1.165, 1.54) is 11.8 Å². The molecule has 0 radical (unpaired) electrons. The van der Waals surface area contributed by atoms with Crippen molar-refractivity contribution >= 4 is 17.5 Å². The second-order valence-electron chi connectivity index (χ2n) is 5.88. The summed E-state index contributed by atoms with van der Waals surface area (Å²) < 4.78 is 12.5. The number of aromatic nitrogens is 3. The third-order valence-corrected chi connectivity index (χ3v) is 5.09. The van der Waals surface area contributed by atoms with E-state index in [1.807, 2.05) is 29.7 Å². The van der Waals surface area contributed by atoms with Crippen LogP contribution in [-0.4, -0.2) is 40.5 Å². The predicted octanol–water partition coefficient (Wildman–Crippen LogP) is 3.63. The Bertz CT molecular complexity index is 925. The second kappa shape index (κ2) is 8.73. The lowest BCUT2D eigenvalue weighted by molar-refractivity contribution is 0.102. The summed E-state index contributed by atoms with van der Waals surface area (Å²) >= 11 is 1.38. The highest BCUT2D eigenvalue weighted by atomic mass is 32.2. The summed E-state index contributed by atoms with van der Waals surface area (Å²) in [6.07, 6.45) is 0. The molecule has 0 unspecified atom stereocenters. The first-order valence-electron chi connectivity index (χ1n) is 8.44. The SMILES string of the molecule is COc1ccc(C(=O)CSc2nnc(C)n2Cc2ccccc2)cc1OC. The van der Waals surface area contributed by atoms with Crippen LogP contribution in [0.15, 0.2) is 53.7 Å². The van der Waals surface area contributed by atoms with Gasteiger partial charge in [-0.1, -0.05) is 42.1 Å². The van der Waals surface area contributed by atoms with Gasteiger partial charge in [-0.15, -0.1) is 10.2 Å². The van der Waals surface area contributed by atoms with Crippen LogP contribution in [0.1, 0.15) is 21.7 Å². The van der Waals surface area contributed by atoms with Gasteiger partial charge < -0.3 is 14.0 Å². The van der Waals surface area contributed by atoms with Crippen molar-refractivity contribution < 1.29 is 14.3 Å². The molecule has 0 fully saturated rings. The fraction of sp³-hybridized carbons (Fsp3) is 0.250. The van der Waals surface area contributed by atoms with Crippen LogP contribution >= 0.6 is 11.8 Å². The fourth-order valence-corrected chi connectivity index (χ4v) is 3.52. The number of benzene rings is 2.